The molecule has 2 heterocycles. The number of thioether (sulfide) groups is 1. The second-order valence-corrected chi connectivity index (χ2v) is 8.05. The molecule has 0 spiro atoms. The molecule has 0 bridgehead atoms. The lowest BCUT2D eigenvalue weighted by molar-refractivity contribution is -0.127. The summed E-state index contributed by atoms with van der Waals surface area (Å²) in [6.45, 7) is 2.35. The Morgan fingerprint density at radius 2 is 1.72 bits per heavy atom. The maximum atomic E-state index is 12.6. The Kier molecular flexibility index (Phi) is 6.14. The largest absolute Gasteiger partial charge is 0.350 e. The highest BCUT2D eigenvalue weighted by Gasteiger charge is 2.20. The van der Waals surface area contributed by atoms with Crippen LogP contribution in [0, 0.1) is 0 Å². The number of rotatable bonds is 7. The van der Waals surface area contributed by atoms with Gasteiger partial charge in [-0.15, -0.1) is 0 Å². The van der Waals surface area contributed by atoms with E-state index in [1.54, 1.807) is 0 Å². The van der Waals surface area contributed by atoms with Crippen molar-refractivity contribution in [1.82, 2.24) is 19.8 Å². The number of fused-ring (bicyclic) bond motifs is 1. The third kappa shape index (κ3) is 4.79. The van der Waals surface area contributed by atoms with Crippen LogP contribution in [0.1, 0.15) is 18.4 Å². The lowest BCUT2D eigenvalue weighted by Gasteiger charge is -2.15. The van der Waals surface area contributed by atoms with Crippen molar-refractivity contribution >= 4 is 34.6 Å². The molecule has 3 aromatic rings. The van der Waals surface area contributed by atoms with Crippen molar-refractivity contribution in [3.63, 3.8) is 0 Å². The van der Waals surface area contributed by atoms with Gasteiger partial charge in [-0.05, 0) is 30.5 Å². The summed E-state index contributed by atoms with van der Waals surface area (Å²) >= 11 is 1.40. The van der Waals surface area contributed by atoms with Crippen LogP contribution >= 0.6 is 11.8 Å². The Morgan fingerprint density at radius 1 is 1.00 bits per heavy atom. The van der Waals surface area contributed by atoms with E-state index in [1.165, 1.54) is 11.8 Å². The van der Waals surface area contributed by atoms with Crippen LogP contribution in [0.5, 0.6) is 0 Å². The molecular weight excluding hydrogens is 384 g/mol. The van der Waals surface area contributed by atoms with Gasteiger partial charge in [-0.1, -0.05) is 54.2 Å². The number of hydrogen-bond donors (Lipinski definition) is 1. The molecule has 29 heavy (non-hydrogen) atoms. The lowest BCUT2D eigenvalue weighted by atomic mass is 10.2. The first-order valence-corrected chi connectivity index (χ1v) is 10.9. The van der Waals surface area contributed by atoms with Crippen molar-refractivity contribution < 1.29 is 9.59 Å². The number of nitrogens with one attached hydrogen (secondary N) is 1. The summed E-state index contributed by atoms with van der Waals surface area (Å²) in [4.78, 5) is 31.6. The van der Waals surface area contributed by atoms with E-state index in [0.29, 0.717) is 17.5 Å². The van der Waals surface area contributed by atoms with Crippen LogP contribution in [0.25, 0.3) is 11.0 Å². The molecule has 0 radical (unpaired) electrons. The van der Waals surface area contributed by atoms with E-state index in [0.717, 1.165) is 42.5 Å². The molecule has 6 nitrogen and oxygen atoms in total. The first-order chi connectivity index (χ1) is 14.2. The predicted molar refractivity (Wildman–Crippen MR) is 115 cm³/mol. The molecule has 0 saturated carbocycles. The van der Waals surface area contributed by atoms with Gasteiger partial charge >= 0.3 is 0 Å². The summed E-state index contributed by atoms with van der Waals surface area (Å²) in [5, 5.41) is 3.67. The molecule has 1 aromatic heterocycles. The molecule has 2 aromatic carbocycles. The molecule has 1 saturated heterocycles. The number of nitrogens with zero attached hydrogens (tertiary/aromatic N) is 3. The molecule has 0 atom stereocenters. The fraction of sp³-hybridized carbons (Fsp3) is 0.318. The molecular formula is C22H24N4O2S. The van der Waals surface area contributed by atoms with Crippen LogP contribution in [0.4, 0.5) is 0 Å². The number of hydrogen-bond acceptors (Lipinski definition) is 4. The van der Waals surface area contributed by atoms with Crippen molar-refractivity contribution in [3.8, 4) is 0 Å². The molecule has 1 aliphatic heterocycles. The summed E-state index contributed by atoms with van der Waals surface area (Å²) in [7, 11) is 0. The Bertz CT molecular complexity index is 996. The van der Waals surface area contributed by atoms with Gasteiger partial charge < -0.3 is 14.8 Å². The summed E-state index contributed by atoms with van der Waals surface area (Å²) in [6, 6.07) is 17.6. The highest BCUT2D eigenvalue weighted by atomic mass is 32.2. The van der Waals surface area contributed by atoms with Crippen LogP contribution in [-0.2, 0) is 22.7 Å². The van der Waals surface area contributed by atoms with Gasteiger partial charge in [0, 0.05) is 19.6 Å². The van der Waals surface area contributed by atoms with Gasteiger partial charge in [-0.3, -0.25) is 9.59 Å². The van der Waals surface area contributed by atoms with E-state index < -0.39 is 0 Å². The number of carbonyl (C=O) groups is 2. The first-order valence-electron chi connectivity index (χ1n) is 9.87. The fourth-order valence-electron chi connectivity index (χ4n) is 3.50. The van der Waals surface area contributed by atoms with Crippen LogP contribution in [0.2, 0.25) is 0 Å². The highest BCUT2D eigenvalue weighted by molar-refractivity contribution is 7.99. The van der Waals surface area contributed by atoms with E-state index in [9.17, 15) is 9.59 Å². The number of carbonyl (C=O) groups excluding carboxylic acids is 2. The summed E-state index contributed by atoms with van der Waals surface area (Å²) < 4.78 is 1.90. The van der Waals surface area contributed by atoms with Gasteiger partial charge in [0.1, 0.15) is 6.54 Å². The number of imidazole rings is 1. The van der Waals surface area contributed by atoms with Crippen molar-refractivity contribution in [2.75, 3.05) is 18.8 Å². The Morgan fingerprint density at radius 3 is 2.52 bits per heavy atom. The number of benzene rings is 2. The zero-order valence-electron chi connectivity index (χ0n) is 16.2. The molecule has 0 aliphatic carbocycles. The van der Waals surface area contributed by atoms with E-state index in [1.807, 2.05) is 64.1 Å². The minimum absolute atomic E-state index is 0.0790. The fourth-order valence-corrected chi connectivity index (χ4v) is 4.41. The van der Waals surface area contributed by atoms with Crippen LogP contribution in [-0.4, -0.2) is 45.1 Å². The minimum atomic E-state index is -0.0790. The number of aromatic nitrogens is 2. The minimum Gasteiger partial charge on any atom is -0.350 e. The third-order valence-electron chi connectivity index (χ3n) is 5.04. The first kappa shape index (κ1) is 19.5. The monoisotopic (exact) mass is 408 g/mol. The van der Waals surface area contributed by atoms with Crippen molar-refractivity contribution in [2.24, 2.45) is 0 Å². The highest BCUT2D eigenvalue weighted by Crippen LogP contribution is 2.25. The smallest absolute Gasteiger partial charge is 0.240 e. The molecule has 4 rings (SSSR count). The molecule has 1 N–H and O–H groups in total. The number of likely N-dealkylation sites (tertiary alicyclic amines) is 1. The van der Waals surface area contributed by atoms with Crippen LogP contribution in [0.3, 0.4) is 0 Å². The number of para-hydroxylation sites is 2. The van der Waals surface area contributed by atoms with Gasteiger partial charge in [0.2, 0.25) is 11.8 Å². The molecule has 0 unspecified atom stereocenters. The summed E-state index contributed by atoms with van der Waals surface area (Å²) in [6.07, 6.45) is 2.16. The molecule has 2 amide bonds. The lowest BCUT2D eigenvalue weighted by Crippen LogP contribution is -2.29. The molecule has 7 heteroatoms. The topological polar surface area (TPSA) is 67.2 Å². The maximum absolute atomic E-state index is 12.6. The molecule has 1 fully saturated rings. The second-order valence-electron chi connectivity index (χ2n) is 7.11. The van der Waals surface area contributed by atoms with Crippen molar-refractivity contribution in [3.05, 3.63) is 60.2 Å². The normalized spacial score (nSPS) is 13.7. The summed E-state index contributed by atoms with van der Waals surface area (Å²) in [5.74, 6) is 0.402. The van der Waals surface area contributed by atoms with Crippen LogP contribution < -0.4 is 5.32 Å². The predicted octanol–water partition coefficient (Wildman–Crippen LogP) is 3.07. The zero-order valence-corrected chi connectivity index (χ0v) is 17.0. The average molecular weight is 409 g/mol. The quantitative estimate of drug-likeness (QED) is 0.610. The Hall–Kier alpha value is -2.80. The van der Waals surface area contributed by atoms with Crippen molar-refractivity contribution in [1.29, 1.82) is 0 Å². The van der Waals surface area contributed by atoms with E-state index >= 15 is 0 Å². The second kappa shape index (κ2) is 9.13. The van der Waals surface area contributed by atoms with Gasteiger partial charge in [0.25, 0.3) is 0 Å². The van der Waals surface area contributed by atoms with Gasteiger partial charge in [0.15, 0.2) is 5.16 Å². The SMILES string of the molecule is O=C(Cn1c(SCC(=O)N2CCCC2)nc2ccccc21)NCc1ccccc1. The molecule has 150 valence electrons. The number of amides is 2. The van der Waals surface area contributed by atoms with Gasteiger partial charge in [0.05, 0.1) is 16.8 Å². The van der Waals surface area contributed by atoms with Crippen molar-refractivity contribution in [2.45, 2.75) is 31.1 Å². The Labute approximate surface area is 174 Å². The third-order valence-corrected chi connectivity index (χ3v) is 6.00. The van der Waals surface area contributed by atoms with E-state index in [-0.39, 0.29) is 18.4 Å². The maximum Gasteiger partial charge on any atom is 0.240 e. The zero-order chi connectivity index (χ0) is 20.1. The van der Waals surface area contributed by atoms with Gasteiger partial charge in [-0.25, -0.2) is 4.98 Å². The standard InChI is InChI=1S/C22H24N4O2S/c27-20(23-14-17-8-2-1-3-9-17)15-26-19-11-5-4-10-18(19)24-22(26)29-16-21(28)25-12-6-7-13-25/h1-5,8-11H,6-7,12-16H2,(H,23,27). The van der Waals surface area contributed by atoms with E-state index in [2.05, 4.69) is 10.3 Å². The summed E-state index contributed by atoms with van der Waals surface area (Å²) in [5.41, 5.74) is 2.79. The Balaban J connectivity index is 1.45. The molecule has 1 aliphatic rings. The average Bonchev–Trinajstić information content (AvgIpc) is 3.40. The van der Waals surface area contributed by atoms with Gasteiger partial charge in [-0.2, -0.15) is 0 Å². The van der Waals surface area contributed by atoms with Crippen LogP contribution in [0.15, 0.2) is 59.8 Å². The van der Waals surface area contributed by atoms with E-state index in [4.69, 9.17) is 0 Å².